The summed E-state index contributed by atoms with van der Waals surface area (Å²) in [5.74, 6) is 6.83. The van der Waals surface area contributed by atoms with E-state index >= 15 is 0 Å². The molecule has 2 radical (unpaired) electrons. The molecule has 0 aliphatic carbocycles. The van der Waals surface area contributed by atoms with Gasteiger partial charge in [0, 0.05) is 5.54 Å². The predicted octanol–water partition coefficient (Wildman–Crippen LogP) is 5.80. The lowest BCUT2D eigenvalue weighted by Gasteiger charge is -2.23. The molecule has 134 valence electrons. The summed E-state index contributed by atoms with van der Waals surface area (Å²) in [6, 6.07) is 21.2. The third-order valence-corrected chi connectivity index (χ3v) is 5.56. The molecule has 2 aromatic carbocycles. The van der Waals surface area contributed by atoms with Gasteiger partial charge in [0.15, 0.2) is 0 Å². The molecule has 0 saturated heterocycles. The first-order chi connectivity index (χ1) is 12.6. The van der Waals surface area contributed by atoms with Gasteiger partial charge in [0.2, 0.25) is 9.76 Å². The third-order valence-electron chi connectivity index (χ3n) is 4.27. The van der Waals surface area contributed by atoms with Gasteiger partial charge in [-0.15, -0.1) is 0 Å². The number of rotatable bonds is 8. The van der Waals surface area contributed by atoms with Crippen LogP contribution < -0.4 is 0 Å². The fraction of sp³-hybridized carbons (Fsp3) is 0.333. The Kier molecular flexibility index (Phi) is 8.41. The lowest BCUT2D eigenvalue weighted by atomic mass is 10.00. The molecule has 0 aromatic heterocycles. The van der Waals surface area contributed by atoms with E-state index in [4.69, 9.17) is 4.43 Å². The second-order valence-corrected chi connectivity index (χ2v) is 7.78. The molecule has 0 saturated carbocycles. The Morgan fingerprint density at radius 1 is 1.04 bits per heavy atom. The van der Waals surface area contributed by atoms with E-state index in [2.05, 4.69) is 92.9 Å². The summed E-state index contributed by atoms with van der Waals surface area (Å²) >= 11 is 0. The summed E-state index contributed by atoms with van der Waals surface area (Å²) in [6.07, 6.45) is 2.20. The highest BCUT2D eigenvalue weighted by Gasteiger charge is 2.21. The minimum Gasteiger partial charge on any atom is -0.403 e. The van der Waals surface area contributed by atoms with Crippen molar-refractivity contribution in [3.8, 4) is 11.8 Å². The molecule has 2 rings (SSSR count). The van der Waals surface area contributed by atoms with E-state index in [1.165, 1.54) is 11.1 Å². The second-order valence-electron chi connectivity index (χ2n) is 6.73. The van der Waals surface area contributed by atoms with Gasteiger partial charge in [-0.3, -0.25) is 0 Å². The summed E-state index contributed by atoms with van der Waals surface area (Å²) in [5.41, 5.74) is 3.69. The van der Waals surface area contributed by atoms with Gasteiger partial charge in [-0.2, -0.15) is 0 Å². The van der Waals surface area contributed by atoms with Crippen LogP contribution in [-0.2, 0) is 4.43 Å². The quantitative estimate of drug-likeness (QED) is 0.427. The van der Waals surface area contributed by atoms with E-state index in [1.807, 2.05) is 6.92 Å². The van der Waals surface area contributed by atoms with Gasteiger partial charge >= 0.3 is 0 Å². The zero-order valence-electron chi connectivity index (χ0n) is 16.0. The van der Waals surface area contributed by atoms with Crippen molar-refractivity contribution in [2.45, 2.75) is 45.3 Å². The van der Waals surface area contributed by atoms with Crippen LogP contribution >= 0.6 is 0 Å². The Balaban J connectivity index is 2.21. The standard InChI is InChI=1S/C24H28OSi/c1-5-12-20(4)23(18-17-19(2)3)25-26-24(21-13-8-6-9-14-21)22-15-10-7-11-16-22/h6-11,13-16,20,23-24H,2,5,12H2,1,3-4H3. The lowest BCUT2D eigenvalue weighted by Crippen LogP contribution is -2.25. The van der Waals surface area contributed by atoms with Crippen molar-refractivity contribution in [1.29, 1.82) is 0 Å². The molecule has 1 nitrogen and oxygen atoms in total. The minimum atomic E-state index is -0.0556. The maximum Gasteiger partial charge on any atom is 0.244 e. The Labute approximate surface area is 161 Å². The zero-order chi connectivity index (χ0) is 18.8. The van der Waals surface area contributed by atoms with Crippen molar-refractivity contribution in [3.63, 3.8) is 0 Å². The van der Waals surface area contributed by atoms with E-state index in [0.717, 1.165) is 18.4 Å². The van der Waals surface area contributed by atoms with Crippen LogP contribution in [0.5, 0.6) is 0 Å². The number of hydrogen-bond acceptors (Lipinski definition) is 1. The third kappa shape index (κ3) is 6.33. The molecule has 0 fully saturated rings. The summed E-state index contributed by atoms with van der Waals surface area (Å²) < 4.78 is 6.39. The van der Waals surface area contributed by atoms with Crippen LogP contribution in [0, 0.1) is 17.8 Å². The zero-order valence-corrected chi connectivity index (χ0v) is 17.0. The first-order valence-electron chi connectivity index (χ1n) is 9.30. The predicted molar refractivity (Wildman–Crippen MR) is 112 cm³/mol. The molecule has 0 amide bonds. The van der Waals surface area contributed by atoms with E-state index in [1.54, 1.807) is 0 Å². The first-order valence-corrected chi connectivity index (χ1v) is 10.3. The van der Waals surface area contributed by atoms with Gasteiger partial charge in [-0.1, -0.05) is 99.4 Å². The smallest absolute Gasteiger partial charge is 0.244 e. The molecule has 0 aliphatic rings. The SMILES string of the molecule is C=C(C)C#CC(O[Si]C(c1ccccc1)c1ccccc1)C(C)CCC. The van der Waals surface area contributed by atoms with Crippen LogP contribution in [0.2, 0.25) is 0 Å². The normalized spacial score (nSPS) is 12.9. The van der Waals surface area contributed by atoms with Crippen LogP contribution in [0.4, 0.5) is 0 Å². The molecule has 2 heteroatoms. The van der Waals surface area contributed by atoms with Crippen molar-refractivity contribution in [3.05, 3.63) is 83.9 Å². The maximum atomic E-state index is 6.39. The molecule has 0 bridgehead atoms. The van der Waals surface area contributed by atoms with Gasteiger partial charge < -0.3 is 4.43 Å². The Hall–Kier alpha value is -2.08. The van der Waals surface area contributed by atoms with Crippen molar-refractivity contribution in [2.24, 2.45) is 5.92 Å². The van der Waals surface area contributed by atoms with Crippen molar-refractivity contribution < 1.29 is 4.43 Å². The molecule has 2 aromatic rings. The summed E-state index contributed by atoms with van der Waals surface area (Å²) in [5, 5.41) is 0. The molecular weight excluding hydrogens is 332 g/mol. The van der Waals surface area contributed by atoms with Gasteiger partial charge in [0.1, 0.15) is 6.10 Å². The average molecular weight is 361 g/mol. The van der Waals surface area contributed by atoms with Crippen LogP contribution in [-0.4, -0.2) is 15.9 Å². The summed E-state index contributed by atoms with van der Waals surface area (Å²) in [6.45, 7) is 10.3. The molecule has 26 heavy (non-hydrogen) atoms. The topological polar surface area (TPSA) is 9.23 Å². The summed E-state index contributed by atoms with van der Waals surface area (Å²) in [7, 11) is 0.327. The molecule has 2 unspecified atom stereocenters. The second kappa shape index (κ2) is 10.8. The van der Waals surface area contributed by atoms with E-state index in [9.17, 15) is 0 Å². The Morgan fingerprint density at radius 2 is 1.58 bits per heavy atom. The Bertz CT molecular complexity index is 688. The van der Waals surface area contributed by atoms with Crippen molar-refractivity contribution >= 4 is 9.76 Å². The highest BCUT2D eigenvalue weighted by Crippen LogP contribution is 2.25. The number of hydrogen-bond donors (Lipinski definition) is 0. The van der Waals surface area contributed by atoms with Crippen LogP contribution in [0.25, 0.3) is 0 Å². The fourth-order valence-corrected chi connectivity index (χ4v) is 4.08. The molecular formula is C24H28OSi. The Morgan fingerprint density at radius 3 is 2.04 bits per heavy atom. The van der Waals surface area contributed by atoms with Crippen LogP contribution in [0.3, 0.4) is 0 Å². The molecule has 0 aliphatic heterocycles. The van der Waals surface area contributed by atoms with Gasteiger partial charge in [0.05, 0.1) is 0 Å². The highest BCUT2D eigenvalue weighted by atomic mass is 28.2. The lowest BCUT2D eigenvalue weighted by molar-refractivity contribution is 0.196. The fourth-order valence-electron chi connectivity index (χ4n) is 2.85. The van der Waals surface area contributed by atoms with Gasteiger partial charge in [0.25, 0.3) is 0 Å². The van der Waals surface area contributed by atoms with Crippen LogP contribution in [0.15, 0.2) is 72.8 Å². The largest absolute Gasteiger partial charge is 0.403 e. The van der Waals surface area contributed by atoms with E-state index < -0.39 is 0 Å². The molecule has 0 heterocycles. The van der Waals surface area contributed by atoms with Gasteiger partial charge in [-0.05, 0) is 36.0 Å². The highest BCUT2D eigenvalue weighted by molar-refractivity contribution is 6.31. The molecule has 0 spiro atoms. The van der Waals surface area contributed by atoms with Gasteiger partial charge in [-0.25, -0.2) is 0 Å². The average Bonchev–Trinajstić information content (AvgIpc) is 2.66. The molecule has 2 atom stereocenters. The first kappa shape index (κ1) is 20.2. The number of benzene rings is 2. The monoisotopic (exact) mass is 360 g/mol. The van der Waals surface area contributed by atoms with Crippen molar-refractivity contribution in [2.75, 3.05) is 0 Å². The van der Waals surface area contributed by atoms with E-state index in [-0.39, 0.29) is 11.6 Å². The molecule has 0 N–H and O–H groups in total. The number of allylic oxidation sites excluding steroid dienone is 1. The minimum absolute atomic E-state index is 0.0556. The maximum absolute atomic E-state index is 6.39. The van der Waals surface area contributed by atoms with Crippen molar-refractivity contribution in [1.82, 2.24) is 0 Å². The van der Waals surface area contributed by atoms with Crippen LogP contribution in [0.1, 0.15) is 50.3 Å². The summed E-state index contributed by atoms with van der Waals surface area (Å²) in [4.78, 5) is 0. The van der Waals surface area contributed by atoms with E-state index in [0.29, 0.717) is 15.7 Å².